The molecule has 5 heteroatoms. The number of hydrogen-bond donors (Lipinski definition) is 3. The van der Waals surface area contributed by atoms with Gasteiger partial charge in [-0.1, -0.05) is 48.0 Å². The maximum atomic E-state index is 12.1. The van der Waals surface area contributed by atoms with Crippen LogP contribution in [0.2, 0.25) is 0 Å². The van der Waals surface area contributed by atoms with Gasteiger partial charge in [0.25, 0.3) is 5.91 Å². The Labute approximate surface area is 182 Å². The van der Waals surface area contributed by atoms with E-state index < -0.39 is 0 Å². The first-order chi connectivity index (χ1) is 15.2. The van der Waals surface area contributed by atoms with E-state index in [2.05, 4.69) is 46.1 Å². The number of aromatic nitrogens is 1. The Balaban J connectivity index is 1.22. The smallest absolute Gasteiger partial charge is 0.262 e. The molecule has 1 amide bonds. The van der Waals surface area contributed by atoms with E-state index in [4.69, 9.17) is 4.74 Å². The van der Waals surface area contributed by atoms with Crippen molar-refractivity contribution in [1.29, 1.82) is 0 Å². The van der Waals surface area contributed by atoms with Gasteiger partial charge in [0, 0.05) is 29.3 Å². The molecule has 1 heterocycles. The van der Waals surface area contributed by atoms with Crippen LogP contribution in [0.3, 0.4) is 0 Å². The molecule has 0 unspecified atom stereocenters. The largest absolute Gasteiger partial charge is 0.484 e. The van der Waals surface area contributed by atoms with Crippen molar-refractivity contribution >= 4 is 22.5 Å². The maximum Gasteiger partial charge on any atom is 0.262 e. The predicted molar refractivity (Wildman–Crippen MR) is 125 cm³/mol. The molecule has 0 saturated heterocycles. The molecule has 0 atom stereocenters. The van der Waals surface area contributed by atoms with E-state index in [-0.39, 0.29) is 12.5 Å². The topological polar surface area (TPSA) is 66.2 Å². The summed E-state index contributed by atoms with van der Waals surface area (Å²) < 4.78 is 5.67. The number of benzene rings is 3. The van der Waals surface area contributed by atoms with Crippen molar-refractivity contribution in [2.24, 2.45) is 0 Å². The van der Waals surface area contributed by atoms with Crippen molar-refractivity contribution in [2.45, 2.75) is 19.9 Å². The Kier molecular flexibility index (Phi) is 6.65. The summed E-state index contributed by atoms with van der Waals surface area (Å²) in [6.45, 7) is 3.62. The maximum absolute atomic E-state index is 12.1. The van der Waals surface area contributed by atoms with Gasteiger partial charge in [-0.2, -0.15) is 0 Å². The number of amides is 1. The van der Waals surface area contributed by atoms with Crippen LogP contribution in [0.15, 0.2) is 79.0 Å². The van der Waals surface area contributed by atoms with Gasteiger partial charge < -0.3 is 20.4 Å². The number of carbonyl (C=O) groups is 1. The van der Waals surface area contributed by atoms with E-state index in [9.17, 15) is 4.79 Å². The van der Waals surface area contributed by atoms with Crippen molar-refractivity contribution in [3.05, 3.63) is 95.7 Å². The highest BCUT2D eigenvalue weighted by Gasteiger charge is 2.05. The van der Waals surface area contributed by atoms with Crippen LogP contribution < -0.4 is 15.4 Å². The molecule has 3 N–H and O–H groups in total. The number of nitrogens with one attached hydrogen (secondary N) is 3. The number of hydrogen-bond acceptors (Lipinski definition) is 3. The minimum absolute atomic E-state index is 0.0225. The van der Waals surface area contributed by atoms with Crippen molar-refractivity contribution in [3.63, 3.8) is 0 Å². The molecule has 0 fully saturated rings. The number of ether oxygens (including phenoxy) is 1. The Bertz CT molecular complexity index is 1150. The second-order valence-corrected chi connectivity index (χ2v) is 7.64. The Morgan fingerprint density at radius 1 is 1.00 bits per heavy atom. The predicted octanol–water partition coefficient (Wildman–Crippen LogP) is 4.83. The number of carbonyl (C=O) groups excluding carboxylic acids is 1. The fraction of sp³-hybridized carbons (Fsp3) is 0.192. The van der Waals surface area contributed by atoms with Crippen molar-refractivity contribution in [1.82, 2.24) is 10.3 Å². The summed E-state index contributed by atoms with van der Waals surface area (Å²) in [5.74, 6) is 0.515. The van der Waals surface area contributed by atoms with Crippen molar-refractivity contribution < 1.29 is 9.53 Å². The lowest BCUT2D eigenvalue weighted by Gasteiger charge is -2.10. The van der Waals surface area contributed by atoms with Crippen molar-refractivity contribution in [2.75, 3.05) is 18.5 Å². The first kappa shape index (κ1) is 20.7. The normalized spacial score (nSPS) is 10.9. The molecule has 1 aromatic heterocycles. The van der Waals surface area contributed by atoms with Gasteiger partial charge in [0.15, 0.2) is 6.61 Å². The van der Waals surface area contributed by atoms with E-state index in [1.54, 1.807) is 0 Å². The van der Waals surface area contributed by atoms with Crippen LogP contribution in [0.1, 0.15) is 16.7 Å². The highest BCUT2D eigenvalue weighted by molar-refractivity contribution is 5.91. The van der Waals surface area contributed by atoms with E-state index in [1.165, 1.54) is 16.5 Å². The highest BCUT2D eigenvalue weighted by Crippen LogP contribution is 2.18. The van der Waals surface area contributed by atoms with Gasteiger partial charge in [0.1, 0.15) is 5.75 Å². The summed E-state index contributed by atoms with van der Waals surface area (Å²) in [4.78, 5) is 15.4. The van der Waals surface area contributed by atoms with Gasteiger partial charge in [-0.15, -0.1) is 0 Å². The molecule has 0 spiro atoms. The molecule has 0 radical (unpaired) electrons. The Morgan fingerprint density at radius 2 is 1.84 bits per heavy atom. The summed E-state index contributed by atoms with van der Waals surface area (Å²) >= 11 is 0. The van der Waals surface area contributed by atoms with Gasteiger partial charge in [0.05, 0.1) is 0 Å². The monoisotopic (exact) mass is 413 g/mol. The van der Waals surface area contributed by atoms with Crippen LogP contribution in [0.25, 0.3) is 10.9 Å². The number of rotatable bonds is 9. The zero-order valence-electron chi connectivity index (χ0n) is 17.7. The third-order valence-corrected chi connectivity index (χ3v) is 5.18. The molecular formula is C26H27N3O2. The SMILES string of the molecule is Cc1ccc(NC(=O)COc2cccc(CNCCc3c[nH]c4ccccc34)c2)cc1. The minimum Gasteiger partial charge on any atom is -0.484 e. The molecular weight excluding hydrogens is 386 g/mol. The van der Waals surface area contributed by atoms with Gasteiger partial charge in [-0.3, -0.25) is 4.79 Å². The molecule has 0 aliphatic heterocycles. The fourth-order valence-corrected chi connectivity index (χ4v) is 3.52. The van der Waals surface area contributed by atoms with Crippen LogP contribution in [-0.2, 0) is 17.8 Å². The third kappa shape index (κ3) is 5.74. The molecule has 4 rings (SSSR count). The lowest BCUT2D eigenvalue weighted by molar-refractivity contribution is -0.118. The number of para-hydroxylation sites is 1. The van der Waals surface area contributed by atoms with Gasteiger partial charge in [-0.05, 0) is 61.3 Å². The minimum atomic E-state index is -0.175. The van der Waals surface area contributed by atoms with Crippen LogP contribution in [0.5, 0.6) is 5.75 Å². The third-order valence-electron chi connectivity index (χ3n) is 5.18. The average molecular weight is 414 g/mol. The molecule has 31 heavy (non-hydrogen) atoms. The quantitative estimate of drug-likeness (QED) is 0.345. The van der Waals surface area contributed by atoms with Gasteiger partial charge >= 0.3 is 0 Å². The van der Waals surface area contributed by atoms with Gasteiger partial charge in [0.2, 0.25) is 0 Å². The standard InChI is InChI=1S/C26H27N3O2/c1-19-9-11-22(12-10-19)29-26(30)18-31-23-6-4-5-20(15-23)16-27-14-13-21-17-28-25-8-3-2-7-24(21)25/h2-12,15,17,27-28H,13-14,16,18H2,1H3,(H,29,30). The molecule has 0 saturated carbocycles. The summed E-state index contributed by atoms with van der Waals surface area (Å²) in [5, 5.41) is 7.61. The lowest BCUT2D eigenvalue weighted by Crippen LogP contribution is -2.20. The van der Waals surface area contributed by atoms with Crippen molar-refractivity contribution in [3.8, 4) is 5.75 Å². The molecule has 5 nitrogen and oxygen atoms in total. The fourth-order valence-electron chi connectivity index (χ4n) is 3.52. The Morgan fingerprint density at radius 3 is 2.71 bits per heavy atom. The first-order valence-corrected chi connectivity index (χ1v) is 10.5. The number of aryl methyl sites for hydroxylation is 1. The van der Waals surface area contributed by atoms with E-state index in [0.717, 1.165) is 36.3 Å². The molecule has 3 aromatic carbocycles. The number of H-pyrrole nitrogens is 1. The summed E-state index contributed by atoms with van der Waals surface area (Å²) in [6, 6.07) is 23.9. The summed E-state index contributed by atoms with van der Waals surface area (Å²) in [5.41, 5.74) is 5.54. The second-order valence-electron chi connectivity index (χ2n) is 7.64. The van der Waals surface area contributed by atoms with E-state index in [1.807, 2.05) is 55.5 Å². The zero-order valence-corrected chi connectivity index (χ0v) is 17.7. The molecule has 0 bridgehead atoms. The van der Waals surface area contributed by atoms with Crippen LogP contribution in [0.4, 0.5) is 5.69 Å². The molecule has 0 aliphatic carbocycles. The highest BCUT2D eigenvalue weighted by atomic mass is 16.5. The van der Waals surface area contributed by atoms with E-state index >= 15 is 0 Å². The summed E-state index contributed by atoms with van der Waals surface area (Å²) in [7, 11) is 0. The second kappa shape index (κ2) is 9.96. The first-order valence-electron chi connectivity index (χ1n) is 10.5. The van der Waals surface area contributed by atoms with Gasteiger partial charge in [-0.25, -0.2) is 0 Å². The van der Waals surface area contributed by atoms with E-state index in [0.29, 0.717) is 5.75 Å². The zero-order chi connectivity index (χ0) is 21.5. The number of aromatic amines is 1. The van der Waals surface area contributed by atoms with Crippen LogP contribution in [-0.4, -0.2) is 24.0 Å². The Hall–Kier alpha value is -3.57. The lowest BCUT2D eigenvalue weighted by atomic mass is 10.1. The van der Waals surface area contributed by atoms with Crippen LogP contribution in [0, 0.1) is 6.92 Å². The summed E-state index contributed by atoms with van der Waals surface area (Å²) in [6.07, 6.45) is 3.04. The number of fused-ring (bicyclic) bond motifs is 1. The molecule has 4 aromatic rings. The number of anilines is 1. The average Bonchev–Trinajstić information content (AvgIpc) is 3.20. The molecule has 158 valence electrons. The van der Waals surface area contributed by atoms with Crippen LogP contribution >= 0.6 is 0 Å². The molecule has 0 aliphatic rings.